The van der Waals surface area contributed by atoms with Crippen molar-refractivity contribution in [2.24, 2.45) is 17.6 Å². The van der Waals surface area contributed by atoms with Crippen molar-refractivity contribution in [1.29, 1.82) is 0 Å². The van der Waals surface area contributed by atoms with E-state index in [4.69, 9.17) is 15.2 Å². The van der Waals surface area contributed by atoms with Crippen LogP contribution < -0.4 is 15.2 Å². The van der Waals surface area contributed by atoms with E-state index in [2.05, 4.69) is 0 Å². The van der Waals surface area contributed by atoms with Gasteiger partial charge in [0.25, 0.3) is 0 Å². The number of carboxylic acids is 1. The van der Waals surface area contributed by atoms with Crippen LogP contribution in [-0.4, -0.2) is 52.9 Å². The van der Waals surface area contributed by atoms with Crippen LogP contribution in [0.3, 0.4) is 0 Å². The van der Waals surface area contributed by atoms with Crippen molar-refractivity contribution in [2.45, 2.75) is 68.0 Å². The Kier molecular flexibility index (Phi) is 4.59. The Labute approximate surface area is 204 Å². The second-order valence-electron chi connectivity index (χ2n) is 11.2. The first kappa shape index (κ1) is 21.6. The van der Waals surface area contributed by atoms with Crippen LogP contribution in [0, 0.1) is 11.8 Å². The number of hydrogen-bond acceptors (Lipinski definition) is 5. The van der Waals surface area contributed by atoms with Gasteiger partial charge in [-0.2, -0.15) is 0 Å². The summed E-state index contributed by atoms with van der Waals surface area (Å²) in [7, 11) is 0. The summed E-state index contributed by atoms with van der Waals surface area (Å²) in [5.74, 6) is 0.394. The summed E-state index contributed by atoms with van der Waals surface area (Å²) in [5, 5.41) is 10.8. The maximum Gasteiger partial charge on any atom is 0.324 e. The lowest BCUT2D eigenvalue weighted by molar-refractivity contribution is -0.186. The Hall–Kier alpha value is -2.64. The van der Waals surface area contributed by atoms with Gasteiger partial charge >= 0.3 is 5.97 Å². The molecule has 3 aliphatic carbocycles. The van der Waals surface area contributed by atoms with Crippen molar-refractivity contribution in [1.82, 2.24) is 4.90 Å². The number of nitrogens with zero attached hydrogens (tertiary/aromatic N) is 1. The van der Waals surface area contributed by atoms with Crippen molar-refractivity contribution >= 4 is 5.97 Å². The minimum Gasteiger partial charge on any atom is -0.485 e. The zero-order valence-electron chi connectivity index (χ0n) is 19.7. The van der Waals surface area contributed by atoms with Gasteiger partial charge in [0.15, 0.2) is 11.5 Å². The highest BCUT2D eigenvalue weighted by molar-refractivity contribution is 5.83. The zero-order valence-corrected chi connectivity index (χ0v) is 19.7. The van der Waals surface area contributed by atoms with E-state index in [1.54, 1.807) is 0 Å². The van der Waals surface area contributed by atoms with Gasteiger partial charge in [-0.05, 0) is 48.8 Å². The summed E-state index contributed by atoms with van der Waals surface area (Å²) in [6, 6.07) is 13.3. The molecule has 2 saturated carbocycles. The first-order valence-electron chi connectivity index (χ1n) is 12.8. The number of carbonyl (C=O) groups is 1. The van der Waals surface area contributed by atoms with Gasteiger partial charge < -0.3 is 20.3 Å². The lowest BCUT2D eigenvalue weighted by Gasteiger charge is -2.64. The molecule has 184 valence electrons. The summed E-state index contributed by atoms with van der Waals surface area (Å²) in [6.45, 7) is 1.13. The highest BCUT2D eigenvalue weighted by Crippen LogP contribution is 2.67. The molecule has 7 rings (SSSR count). The summed E-state index contributed by atoms with van der Waals surface area (Å²) in [4.78, 5) is 15.1. The van der Waals surface area contributed by atoms with Gasteiger partial charge in [-0.25, -0.2) is 4.39 Å². The highest BCUT2D eigenvalue weighted by Gasteiger charge is 2.76. The van der Waals surface area contributed by atoms with Crippen molar-refractivity contribution in [3.05, 3.63) is 59.2 Å². The molecule has 2 bridgehead atoms. The molecule has 2 aromatic carbocycles. The molecule has 0 radical (unpaired) electrons. The number of ether oxygens (including phenoxy) is 2. The number of alkyl halides is 1. The number of piperidine rings is 1. The molecule has 1 spiro atoms. The average Bonchev–Trinajstić information content (AvgIpc) is 3.59. The third-order valence-electron chi connectivity index (χ3n) is 9.39. The number of hydrogen-bond donors (Lipinski definition) is 2. The smallest absolute Gasteiger partial charge is 0.324 e. The summed E-state index contributed by atoms with van der Waals surface area (Å²) in [6.07, 6.45) is 1.92. The molecule has 5 aliphatic rings. The topological polar surface area (TPSA) is 85.0 Å². The fourth-order valence-corrected chi connectivity index (χ4v) is 7.77. The fourth-order valence-electron chi connectivity index (χ4n) is 7.77. The Balaban J connectivity index is 1.38. The monoisotopic (exact) mass is 478 g/mol. The molecular weight excluding hydrogens is 447 g/mol. The molecule has 7 heteroatoms. The van der Waals surface area contributed by atoms with E-state index in [1.165, 1.54) is 0 Å². The maximum absolute atomic E-state index is 16.6. The maximum atomic E-state index is 16.6. The van der Waals surface area contributed by atoms with Crippen LogP contribution in [-0.2, 0) is 23.2 Å². The number of rotatable bonds is 6. The van der Waals surface area contributed by atoms with E-state index in [9.17, 15) is 9.90 Å². The number of likely N-dealkylation sites (tertiary alicyclic amines) is 1. The Morgan fingerprint density at radius 3 is 2.71 bits per heavy atom. The van der Waals surface area contributed by atoms with Gasteiger partial charge in [0.05, 0.1) is 5.41 Å². The molecule has 6 atom stereocenters. The van der Waals surface area contributed by atoms with Crippen LogP contribution >= 0.6 is 0 Å². The van der Waals surface area contributed by atoms with E-state index in [0.29, 0.717) is 49.8 Å². The van der Waals surface area contributed by atoms with Crippen molar-refractivity contribution in [3.63, 3.8) is 0 Å². The van der Waals surface area contributed by atoms with E-state index >= 15 is 4.39 Å². The lowest BCUT2D eigenvalue weighted by atomic mass is 9.46. The van der Waals surface area contributed by atoms with Crippen LogP contribution in [0.15, 0.2) is 42.5 Å². The first-order chi connectivity index (χ1) is 17.0. The van der Waals surface area contributed by atoms with Gasteiger partial charge in [-0.15, -0.1) is 0 Å². The quantitative estimate of drug-likeness (QED) is 0.662. The number of aliphatic carboxylic acids is 1. The van der Waals surface area contributed by atoms with Gasteiger partial charge in [0.1, 0.15) is 24.4 Å². The average molecular weight is 479 g/mol. The number of nitrogens with two attached hydrogens (primary N) is 1. The van der Waals surface area contributed by atoms with Gasteiger partial charge in [0.2, 0.25) is 0 Å². The van der Waals surface area contributed by atoms with E-state index in [-0.39, 0.29) is 12.6 Å². The van der Waals surface area contributed by atoms with E-state index < -0.39 is 35.1 Å². The second kappa shape index (κ2) is 7.43. The molecule has 2 aromatic rings. The van der Waals surface area contributed by atoms with Gasteiger partial charge in [-0.3, -0.25) is 9.69 Å². The normalized spacial score (nSPS) is 36.9. The van der Waals surface area contributed by atoms with Crippen LogP contribution in [0.4, 0.5) is 4.39 Å². The van der Waals surface area contributed by atoms with Crippen molar-refractivity contribution in [2.75, 3.05) is 13.1 Å². The molecule has 2 heterocycles. The molecule has 2 aliphatic heterocycles. The minimum atomic E-state index is -1.25. The van der Waals surface area contributed by atoms with Crippen LogP contribution in [0.1, 0.15) is 42.4 Å². The summed E-state index contributed by atoms with van der Waals surface area (Å²) in [5.41, 5.74) is 7.13. The predicted octanol–water partition coefficient (Wildman–Crippen LogP) is 3.44. The minimum absolute atomic E-state index is 0.111. The Bertz CT molecular complexity index is 1190. The zero-order chi connectivity index (χ0) is 23.9. The molecule has 0 amide bonds. The van der Waals surface area contributed by atoms with Crippen LogP contribution in [0.2, 0.25) is 0 Å². The molecule has 35 heavy (non-hydrogen) atoms. The third kappa shape index (κ3) is 2.79. The van der Waals surface area contributed by atoms with E-state index in [1.807, 2.05) is 47.4 Å². The van der Waals surface area contributed by atoms with E-state index in [0.717, 1.165) is 29.5 Å². The number of carboxylic acid groups (broad SMARTS) is 1. The van der Waals surface area contributed by atoms with Gasteiger partial charge in [-0.1, -0.05) is 36.4 Å². The number of halogens is 1. The number of benzene rings is 2. The standard InChI is InChI=1S/C28H31FN2O4/c29-22-14-31(13-16-6-7-16)27(26(32)33)12-18-8-10-20(34-15-17-4-2-1-3-5-17)24-23(18)28(22)21(27)11-9-19(30)25(28)35-24/h1-5,8,10,16,19,21-22,25H,6-7,9,11-15,30H2,(H,32,33)/t19-,21-,22+,25+,27-,28-/m1/s1. The molecular formula is C28H31FN2O4. The summed E-state index contributed by atoms with van der Waals surface area (Å²) >= 11 is 0. The van der Waals surface area contributed by atoms with Gasteiger partial charge in [0, 0.05) is 37.0 Å². The second-order valence-corrected chi connectivity index (χ2v) is 11.2. The highest BCUT2D eigenvalue weighted by atomic mass is 19.1. The lowest BCUT2D eigenvalue weighted by Crippen LogP contribution is -2.79. The molecule has 6 nitrogen and oxygen atoms in total. The van der Waals surface area contributed by atoms with Crippen LogP contribution in [0.5, 0.6) is 11.5 Å². The molecule has 0 aromatic heterocycles. The molecule has 3 fully saturated rings. The molecule has 0 unspecified atom stereocenters. The predicted molar refractivity (Wildman–Crippen MR) is 127 cm³/mol. The van der Waals surface area contributed by atoms with Crippen molar-refractivity contribution < 1.29 is 23.8 Å². The Morgan fingerprint density at radius 1 is 1.17 bits per heavy atom. The van der Waals surface area contributed by atoms with Crippen LogP contribution in [0.25, 0.3) is 0 Å². The molecule has 3 N–H and O–H groups in total. The fraction of sp³-hybridized carbons (Fsp3) is 0.536. The third-order valence-corrected chi connectivity index (χ3v) is 9.39. The first-order valence-corrected chi connectivity index (χ1v) is 12.8. The molecule has 1 saturated heterocycles. The van der Waals surface area contributed by atoms with Crippen molar-refractivity contribution in [3.8, 4) is 11.5 Å². The SMILES string of the molecule is N[C@@H]1CC[C@H]2[C@@]34c5c(ccc(OCc6ccccc6)c5O[C@@H]13)C[C@@]2(C(=O)O)N(CC1CC1)C[C@@H]4F. The summed E-state index contributed by atoms with van der Waals surface area (Å²) < 4.78 is 29.4. The largest absolute Gasteiger partial charge is 0.485 e. The Morgan fingerprint density at radius 2 is 1.97 bits per heavy atom.